The number of rotatable bonds is 6. The van der Waals surface area contributed by atoms with E-state index in [1.54, 1.807) is 43.4 Å². The van der Waals surface area contributed by atoms with Gasteiger partial charge >= 0.3 is 18.0 Å². The number of halogens is 3. The Morgan fingerprint density at radius 3 is 2.30 bits per heavy atom. The number of esters is 1. The Hall–Kier alpha value is -0.670. The molecule has 0 aliphatic rings. The van der Waals surface area contributed by atoms with E-state index in [-0.39, 0.29) is 13.2 Å². The molecule has 0 spiro atoms. The first-order valence-corrected chi connectivity index (χ1v) is 7.38. The first-order chi connectivity index (χ1) is 8.98. The number of carbonyl (C=O) groups excluding carboxylic acids is 2. The Bertz CT molecular complexity index is 345. The predicted octanol–water partition coefficient (Wildman–Crippen LogP) is 2.90. The smallest absolute Gasteiger partial charge is 0.407 e. The molecule has 0 saturated carbocycles. The van der Waals surface area contributed by atoms with E-state index < -0.39 is 33.9 Å². The van der Waals surface area contributed by atoms with Crippen molar-refractivity contribution in [2.24, 2.45) is 0 Å². The monoisotopic (exact) mass is 407 g/mol. The zero-order valence-electron chi connectivity index (χ0n) is 12.0. The first kappa shape index (κ1) is 19.3. The van der Waals surface area contributed by atoms with E-state index in [1.165, 1.54) is 6.92 Å². The van der Waals surface area contributed by atoms with Crippen molar-refractivity contribution in [2.75, 3.05) is 13.2 Å². The molecule has 0 rings (SSSR count). The van der Waals surface area contributed by atoms with Crippen molar-refractivity contribution in [1.82, 2.24) is 5.32 Å². The molecule has 0 fully saturated rings. The number of nitrogens with one attached hydrogen (secondary N) is 1. The molecule has 1 unspecified atom stereocenters. The van der Waals surface area contributed by atoms with Crippen LogP contribution in [-0.2, 0) is 14.3 Å². The van der Waals surface area contributed by atoms with Crippen molar-refractivity contribution in [3.05, 3.63) is 0 Å². The lowest BCUT2D eigenvalue weighted by Gasteiger charge is -2.21. The van der Waals surface area contributed by atoms with Crippen LogP contribution in [0, 0.1) is 0 Å². The fourth-order valence-electron chi connectivity index (χ4n) is 1.18. The maximum absolute atomic E-state index is 13.4. The van der Waals surface area contributed by atoms with Crippen LogP contribution in [0.3, 0.4) is 0 Å². The number of alkyl halides is 3. The average molecular weight is 407 g/mol. The molecule has 118 valence electrons. The van der Waals surface area contributed by atoms with E-state index in [2.05, 4.69) is 10.1 Å². The Balaban J connectivity index is 4.20. The molecule has 0 aromatic rings. The van der Waals surface area contributed by atoms with Crippen LogP contribution in [0.4, 0.5) is 13.6 Å². The van der Waals surface area contributed by atoms with Gasteiger partial charge in [0.1, 0.15) is 5.60 Å². The zero-order chi connectivity index (χ0) is 16.0. The van der Waals surface area contributed by atoms with E-state index >= 15 is 0 Å². The summed E-state index contributed by atoms with van der Waals surface area (Å²) >= 11 is 1.74. The third-order valence-corrected chi connectivity index (χ3v) is 2.80. The van der Waals surface area contributed by atoms with Crippen LogP contribution in [0.1, 0.15) is 34.1 Å². The number of hydrogen-bond donors (Lipinski definition) is 1. The Morgan fingerprint density at radius 2 is 1.85 bits per heavy atom. The maximum Gasteiger partial charge on any atom is 0.407 e. The van der Waals surface area contributed by atoms with Gasteiger partial charge in [0, 0.05) is 16.9 Å². The number of amides is 1. The summed E-state index contributed by atoms with van der Waals surface area (Å²) in [5, 5.41) is 2.38. The highest BCUT2D eigenvalue weighted by Gasteiger charge is 2.42. The van der Waals surface area contributed by atoms with Crippen molar-refractivity contribution < 1.29 is 27.8 Å². The molecule has 0 aliphatic carbocycles. The number of hydrogen-bond acceptors (Lipinski definition) is 4. The van der Waals surface area contributed by atoms with Crippen LogP contribution in [-0.4, -0.2) is 40.7 Å². The molecular formula is C12H20F2INO4. The molecule has 0 bridgehead atoms. The minimum absolute atomic E-state index is 0.0233. The molecule has 0 saturated heterocycles. The fraction of sp³-hybridized carbons (Fsp3) is 0.833. The summed E-state index contributed by atoms with van der Waals surface area (Å²) in [7, 11) is 0. The van der Waals surface area contributed by atoms with E-state index in [1.807, 2.05) is 0 Å². The Kier molecular flexibility index (Phi) is 7.67. The topological polar surface area (TPSA) is 64.6 Å². The largest absolute Gasteiger partial charge is 0.462 e. The summed E-state index contributed by atoms with van der Waals surface area (Å²) in [4.78, 5) is 22.4. The van der Waals surface area contributed by atoms with Crippen LogP contribution < -0.4 is 5.32 Å². The second kappa shape index (κ2) is 7.94. The van der Waals surface area contributed by atoms with Crippen LogP contribution in [0.5, 0.6) is 0 Å². The van der Waals surface area contributed by atoms with E-state index in [4.69, 9.17) is 4.74 Å². The summed E-state index contributed by atoms with van der Waals surface area (Å²) < 4.78 is 35.5. The standard InChI is InChI=1S/C12H20F2INO4/c1-5-19-9(17)12(13,14)6-8(15)7-16-10(18)20-11(2,3)4/h8H,5-7H2,1-4H3,(H,16,18). The van der Waals surface area contributed by atoms with Gasteiger partial charge in [-0.1, -0.05) is 22.6 Å². The quantitative estimate of drug-likeness (QED) is 0.418. The highest BCUT2D eigenvalue weighted by atomic mass is 127. The third-order valence-electron chi connectivity index (χ3n) is 1.92. The van der Waals surface area contributed by atoms with Gasteiger partial charge in [0.15, 0.2) is 0 Å². The van der Waals surface area contributed by atoms with Crippen molar-refractivity contribution in [3.63, 3.8) is 0 Å². The molecule has 0 aromatic heterocycles. The number of ether oxygens (including phenoxy) is 2. The van der Waals surface area contributed by atoms with Crippen molar-refractivity contribution in [3.8, 4) is 0 Å². The first-order valence-electron chi connectivity index (χ1n) is 6.14. The normalized spacial score (nSPS) is 13.6. The molecule has 20 heavy (non-hydrogen) atoms. The highest BCUT2D eigenvalue weighted by Crippen LogP contribution is 2.25. The van der Waals surface area contributed by atoms with Gasteiger partial charge in [-0.15, -0.1) is 0 Å². The Labute approximate surface area is 130 Å². The van der Waals surface area contributed by atoms with Gasteiger partial charge in [-0.25, -0.2) is 9.59 Å². The lowest BCUT2D eigenvalue weighted by Crippen LogP contribution is -2.39. The van der Waals surface area contributed by atoms with Crippen molar-refractivity contribution in [1.29, 1.82) is 0 Å². The lowest BCUT2D eigenvalue weighted by molar-refractivity contribution is -0.172. The van der Waals surface area contributed by atoms with E-state index in [0.717, 1.165) is 0 Å². The van der Waals surface area contributed by atoms with E-state index in [9.17, 15) is 18.4 Å². The summed E-state index contributed by atoms with van der Waals surface area (Å²) in [5.41, 5.74) is -0.653. The van der Waals surface area contributed by atoms with Gasteiger partial charge in [-0.05, 0) is 27.7 Å². The molecule has 0 radical (unpaired) electrons. The molecule has 8 heteroatoms. The minimum atomic E-state index is -3.56. The molecule has 0 heterocycles. The molecule has 1 atom stereocenters. The lowest BCUT2D eigenvalue weighted by atomic mass is 10.2. The molecule has 0 aliphatic heterocycles. The third kappa shape index (κ3) is 8.49. The summed E-state index contributed by atoms with van der Waals surface area (Å²) in [5.74, 6) is -5.10. The molecular weight excluding hydrogens is 387 g/mol. The van der Waals surface area contributed by atoms with Crippen LogP contribution >= 0.6 is 22.6 Å². The fourth-order valence-corrected chi connectivity index (χ4v) is 1.95. The Morgan fingerprint density at radius 1 is 1.30 bits per heavy atom. The summed E-state index contributed by atoms with van der Waals surface area (Å²) in [6.45, 7) is 6.43. The summed E-state index contributed by atoms with van der Waals surface area (Å²) in [6.07, 6.45) is -1.39. The van der Waals surface area contributed by atoms with Crippen LogP contribution in [0.25, 0.3) is 0 Å². The minimum Gasteiger partial charge on any atom is -0.462 e. The number of carbonyl (C=O) groups is 2. The van der Waals surface area contributed by atoms with Crippen molar-refractivity contribution in [2.45, 2.75) is 49.6 Å². The zero-order valence-corrected chi connectivity index (χ0v) is 14.1. The van der Waals surface area contributed by atoms with Gasteiger partial charge in [-0.2, -0.15) is 8.78 Å². The SMILES string of the molecule is CCOC(=O)C(F)(F)CC(I)CNC(=O)OC(C)(C)C. The summed E-state index contributed by atoms with van der Waals surface area (Å²) in [6, 6.07) is 0. The maximum atomic E-state index is 13.4. The molecule has 1 amide bonds. The van der Waals surface area contributed by atoms with Crippen molar-refractivity contribution >= 4 is 34.7 Å². The molecule has 1 N–H and O–H groups in total. The van der Waals surface area contributed by atoms with Gasteiger partial charge in [0.05, 0.1) is 6.61 Å². The highest BCUT2D eigenvalue weighted by molar-refractivity contribution is 14.1. The predicted molar refractivity (Wildman–Crippen MR) is 78.2 cm³/mol. The second-order valence-corrected chi connectivity index (χ2v) is 6.87. The molecule has 5 nitrogen and oxygen atoms in total. The van der Waals surface area contributed by atoms with E-state index in [0.29, 0.717) is 0 Å². The average Bonchev–Trinajstić information content (AvgIpc) is 2.23. The van der Waals surface area contributed by atoms with Crippen LogP contribution in [0.2, 0.25) is 0 Å². The van der Waals surface area contributed by atoms with Gasteiger partial charge in [0.25, 0.3) is 0 Å². The number of alkyl carbamates (subject to hydrolysis) is 1. The molecule has 0 aromatic carbocycles. The van der Waals surface area contributed by atoms with Gasteiger partial charge in [-0.3, -0.25) is 0 Å². The van der Waals surface area contributed by atoms with Gasteiger partial charge < -0.3 is 14.8 Å². The second-order valence-electron chi connectivity index (χ2n) is 5.11. The van der Waals surface area contributed by atoms with Crippen LogP contribution in [0.15, 0.2) is 0 Å². The van der Waals surface area contributed by atoms with Gasteiger partial charge in [0.2, 0.25) is 0 Å².